The molecule has 0 aliphatic carbocycles. The molecule has 1 aromatic rings. The van der Waals surface area contributed by atoms with E-state index in [1.165, 1.54) is 0 Å². The van der Waals surface area contributed by atoms with Crippen LogP contribution in [0, 0.1) is 12.8 Å². The zero-order chi connectivity index (χ0) is 15.9. The monoisotopic (exact) mass is 305 g/mol. The molecule has 1 amide bonds. The number of hydrogen-bond donors (Lipinski definition) is 1. The Bertz CT molecular complexity index is 529. The molecule has 0 unspecified atom stereocenters. The molecule has 2 rings (SSSR count). The number of para-hydroxylation sites is 1. The van der Waals surface area contributed by atoms with Gasteiger partial charge in [-0.3, -0.25) is 9.59 Å². The molecule has 1 aromatic carbocycles. The summed E-state index contributed by atoms with van der Waals surface area (Å²) in [6.45, 7) is 3.36. The Kier molecular flexibility index (Phi) is 5.81. The van der Waals surface area contributed by atoms with Crippen molar-refractivity contribution < 1.29 is 19.4 Å². The van der Waals surface area contributed by atoms with Crippen LogP contribution in [0.25, 0.3) is 0 Å². The zero-order valence-electron chi connectivity index (χ0n) is 13.0. The lowest BCUT2D eigenvalue weighted by atomic mass is 9.93. The van der Waals surface area contributed by atoms with Crippen LogP contribution in [0.1, 0.15) is 31.2 Å². The third-order valence-electron chi connectivity index (χ3n) is 4.08. The van der Waals surface area contributed by atoms with E-state index < -0.39 is 5.97 Å². The maximum Gasteiger partial charge on any atom is 0.303 e. The molecule has 0 radical (unpaired) electrons. The van der Waals surface area contributed by atoms with Gasteiger partial charge in [-0.2, -0.15) is 0 Å². The minimum Gasteiger partial charge on any atom is -0.484 e. The van der Waals surface area contributed by atoms with Crippen LogP contribution in [-0.4, -0.2) is 41.6 Å². The van der Waals surface area contributed by atoms with Crippen LogP contribution in [-0.2, 0) is 9.59 Å². The normalized spacial score (nSPS) is 18.0. The molecule has 5 nitrogen and oxygen atoms in total. The maximum atomic E-state index is 12.3. The predicted molar refractivity (Wildman–Crippen MR) is 82.8 cm³/mol. The molecule has 5 heteroatoms. The summed E-state index contributed by atoms with van der Waals surface area (Å²) in [5.74, 6) is 0.220. The van der Waals surface area contributed by atoms with E-state index in [9.17, 15) is 9.59 Å². The molecule has 1 aliphatic heterocycles. The summed E-state index contributed by atoms with van der Waals surface area (Å²) in [5, 5.41) is 8.75. The Morgan fingerprint density at radius 3 is 2.86 bits per heavy atom. The van der Waals surface area contributed by atoms with Gasteiger partial charge in [0.1, 0.15) is 5.75 Å². The second-order valence-corrected chi connectivity index (χ2v) is 5.83. The summed E-state index contributed by atoms with van der Waals surface area (Å²) in [6.07, 6.45) is 2.74. The van der Waals surface area contributed by atoms with E-state index in [1.807, 2.05) is 31.2 Å². The number of aliphatic carboxylic acids is 1. The van der Waals surface area contributed by atoms with Gasteiger partial charge in [0, 0.05) is 19.5 Å². The Morgan fingerprint density at radius 2 is 2.14 bits per heavy atom. The number of piperidine rings is 1. The number of likely N-dealkylation sites (tertiary alicyclic amines) is 1. The molecule has 0 spiro atoms. The fourth-order valence-electron chi connectivity index (χ4n) is 2.80. The third-order valence-corrected chi connectivity index (χ3v) is 4.08. The lowest BCUT2D eigenvalue weighted by Crippen LogP contribution is -2.42. The highest BCUT2D eigenvalue weighted by Crippen LogP contribution is 2.21. The Labute approximate surface area is 130 Å². The average Bonchev–Trinajstić information content (AvgIpc) is 2.52. The Balaban J connectivity index is 1.81. The summed E-state index contributed by atoms with van der Waals surface area (Å²) in [5.41, 5.74) is 1.01. The SMILES string of the molecule is Cc1ccccc1OCC(=O)N1CCC[C@H](CCC(=O)O)C1. The molecular formula is C17H23NO4. The first-order valence-electron chi connectivity index (χ1n) is 7.74. The average molecular weight is 305 g/mol. The second-order valence-electron chi connectivity index (χ2n) is 5.83. The fourth-order valence-corrected chi connectivity index (χ4v) is 2.80. The summed E-state index contributed by atoms with van der Waals surface area (Å²) in [7, 11) is 0. The molecule has 1 aliphatic rings. The van der Waals surface area contributed by atoms with Crippen LogP contribution >= 0.6 is 0 Å². The molecular weight excluding hydrogens is 282 g/mol. The summed E-state index contributed by atoms with van der Waals surface area (Å²) < 4.78 is 5.60. The number of carboxylic acid groups (broad SMARTS) is 1. The highest BCUT2D eigenvalue weighted by molar-refractivity contribution is 5.78. The largest absolute Gasteiger partial charge is 0.484 e. The van der Waals surface area contributed by atoms with Gasteiger partial charge in [0.05, 0.1) is 0 Å². The quantitative estimate of drug-likeness (QED) is 0.877. The zero-order valence-corrected chi connectivity index (χ0v) is 13.0. The highest BCUT2D eigenvalue weighted by Gasteiger charge is 2.24. The minimum absolute atomic E-state index is 0.0247. The van der Waals surface area contributed by atoms with Crippen LogP contribution in [0.5, 0.6) is 5.75 Å². The third kappa shape index (κ3) is 4.76. The lowest BCUT2D eigenvalue weighted by molar-refractivity contribution is -0.137. The van der Waals surface area contributed by atoms with Crippen LogP contribution in [0.15, 0.2) is 24.3 Å². The first-order valence-corrected chi connectivity index (χ1v) is 7.74. The maximum absolute atomic E-state index is 12.3. The predicted octanol–water partition coefficient (Wildman–Crippen LogP) is 2.48. The van der Waals surface area contributed by atoms with Gasteiger partial charge in [-0.15, -0.1) is 0 Å². The molecule has 0 aromatic heterocycles. The highest BCUT2D eigenvalue weighted by atomic mass is 16.5. The molecule has 1 heterocycles. The summed E-state index contributed by atoms with van der Waals surface area (Å²) in [6, 6.07) is 7.62. The van der Waals surface area contributed by atoms with Crippen molar-refractivity contribution >= 4 is 11.9 Å². The molecule has 1 saturated heterocycles. The van der Waals surface area contributed by atoms with Crippen LogP contribution in [0.3, 0.4) is 0 Å². The number of aryl methyl sites for hydroxylation is 1. The molecule has 22 heavy (non-hydrogen) atoms. The van der Waals surface area contributed by atoms with E-state index in [0.29, 0.717) is 13.0 Å². The van der Waals surface area contributed by atoms with E-state index in [4.69, 9.17) is 9.84 Å². The number of carbonyl (C=O) groups is 2. The van der Waals surface area contributed by atoms with Crippen molar-refractivity contribution in [3.8, 4) is 5.75 Å². The van der Waals surface area contributed by atoms with E-state index >= 15 is 0 Å². The molecule has 0 saturated carbocycles. The van der Waals surface area contributed by atoms with Crippen molar-refractivity contribution in [1.82, 2.24) is 4.90 Å². The van der Waals surface area contributed by atoms with Gasteiger partial charge in [0.25, 0.3) is 5.91 Å². The number of carbonyl (C=O) groups excluding carboxylic acids is 1. The Hall–Kier alpha value is -2.04. The first kappa shape index (κ1) is 16.3. The topological polar surface area (TPSA) is 66.8 Å². The van der Waals surface area contributed by atoms with Gasteiger partial charge in [-0.05, 0) is 43.7 Å². The second kappa shape index (κ2) is 7.82. The molecule has 1 N–H and O–H groups in total. The van der Waals surface area contributed by atoms with Crippen LogP contribution < -0.4 is 4.74 Å². The van der Waals surface area contributed by atoms with Crippen molar-refractivity contribution in [3.63, 3.8) is 0 Å². The van der Waals surface area contributed by atoms with Crippen LogP contribution in [0.4, 0.5) is 0 Å². The number of benzene rings is 1. The molecule has 1 fully saturated rings. The van der Waals surface area contributed by atoms with Crippen molar-refractivity contribution in [2.75, 3.05) is 19.7 Å². The first-order chi connectivity index (χ1) is 10.6. The minimum atomic E-state index is -0.772. The smallest absolute Gasteiger partial charge is 0.303 e. The van der Waals surface area contributed by atoms with Gasteiger partial charge in [0.15, 0.2) is 6.61 Å². The van der Waals surface area contributed by atoms with E-state index in [2.05, 4.69) is 0 Å². The number of carboxylic acids is 1. The van der Waals surface area contributed by atoms with Gasteiger partial charge in [-0.25, -0.2) is 0 Å². The van der Waals surface area contributed by atoms with E-state index in [1.54, 1.807) is 4.90 Å². The number of rotatable bonds is 6. The van der Waals surface area contributed by atoms with E-state index in [0.717, 1.165) is 30.7 Å². The fraction of sp³-hybridized carbons (Fsp3) is 0.529. The van der Waals surface area contributed by atoms with Crippen molar-refractivity contribution in [2.24, 2.45) is 5.92 Å². The van der Waals surface area contributed by atoms with Gasteiger partial charge >= 0.3 is 5.97 Å². The van der Waals surface area contributed by atoms with E-state index in [-0.39, 0.29) is 24.9 Å². The Morgan fingerprint density at radius 1 is 1.36 bits per heavy atom. The molecule has 1 atom stereocenters. The van der Waals surface area contributed by atoms with Gasteiger partial charge in [-0.1, -0.05) is 18.2 Å². The number of amides is 1. The van der Waals surface area contributed by atoms with Crippen molar-refractivity contribution in [3.05, 3.63) is 29.8 Å². The number of hydrogen-bond acceptors (Lipinski definition) is 3. The summed E-state index contributed by atoms with van der Waals surface area (Å²) in [4.78, 5) is 24.7. The van der Waals surface area contributed by atoms with Crippen molar-refractivity contribution in [2.45, 2.75) is 32.6 Å². The van der Waals surface area contributed by atoms with Gasteiger partial charge < -0.3 is 14.7 Å². The van der Waals surface area contributed by atoms with Crippen LogP contribution in [0.2, 0.25) is 0 Å². The lowest BCUT2D eigenvalue weighted by Gasteiger charge is -2.32. The standard InChI is InChI=1S/C17H23NO4/c1-13-5-2-3-7-15(13)22-12-16(19)18-10-4-6-14(11-18)8-9-17(20)21/h2-3,5,7,14H,4,6,8-12H2,1H3,(H,20,21)/t14-/m1/s1. The number of nitrogens with zero attached hydrogens (tertiary/aromatic N) is 1. The number of ether oxygens (including phenoxy) is 1. The molecule has 0 bridgehead atoms. The van der Waals surface area contributed by atoms with Crippen molar-refractivity contribution in [1.29, 1.82) is 0 Å². The van der Waals surface area contributed by atoms with Gasteiger partial charge in [0.2, 0.25) is 0 Å². The summed E-state index contributed by atoms with van der Waals surface area (Å²) >= 11 is 0. The molecule has 120 valence electrons.